The van der Waals surface area contributed by atoms with E-state index in [0.717, 1.165) is 6.54 Å². The minimum Gasteiger partial charge on any atom is -0.313 e. The molecule has 0 bridgehead atoms. The van der Waals surface area contributed by atoms with Crippen molar-refractivity contribution < 1.29 is 8.78 Å². The molecule has 5 heteroatoms. The molecule has 0 saturated carbocycles. The maximum atomic E-state index is 14.2. The third kappa shape index (κ3) is 3.19. The zero-order valence-corrected chi connectivity index (χ0v) is 13.2. The van der Waals surface area contributed by atoms with Crippen LogP contribution in [0.5, 0.6) is 0 Å². The quantitative estimate of drug-likeness (QED) is 0.743. The lowest BCUT2D eigenvalue weighted by molar-refractivity contribution is 0.593. The third-order valence-corrected chi connectivity index (χ3v) is 4.22. The van der Waals surface area contributed by atoms with Crippen LogP contribution in [0.3, 0.4) is 0 Å². The Morgan fingerprint density at radius 3 is 2.65 bits per heavy atom. The second kappa shape index (κ2) is 6.66. The highest BCUT2D eigenvalue weighted by molar-refractivity contribution is 9.10. The van der Waals surface area contributed by atoms with Gasteiger partial charge in [-0.15, -0.1) is 0 Å². The molecule has 0 saturated heterocycles. The summed E-state index contributed by atoms with van der Waals surface area (Å²) in [7, 11) is 0. The molecular weight excluding hydrogens is 348 g/mol. The van der Waals surface area contributed by atoms with E-state index in [9.17, 15) is 8.78 Å². The van der Waals surface area contributed by atoms with E-state index in [1.165, 1.54) is 6.07 Å². The number of hydrogen-bond acceptors (Lipinski definition) is 1. The zero-order chi connectivity index (χ0) is 14.7. The molecule has 0 aromatic heterocycles. The molecule has 1 N–H and O–H groups in total. The van der Waals surface area contributed by atoms with Crippen molar-refractivity contribution in [1.29, 1.82) is 0 Å². The molecule has 2 aromatic rings. The van der Waals surface area contributed by atoms with Crippen LogP contribution >= 0.6 is 27.5 Å². The van der Waals surface area contributed by atoms with E-state index < -0.39 is 5.82 Å². The summed E-state index contributed by atoms with van der Waals surface area (Å²) in [5, 5.41) is 3.08. The van der Waals surface area contributed by atoms with Crippen LogP contribution in [0.25, 0.3) is 11.1 Å². The van der Waals surface area contributed by atoms with Gasteiger partial charge in [-0.2, -0.15) is 0 Å². The summed E-state index contributed by atoms with van der Waals surface area (Å²) in [6.45, 7) is 3.08. The normalized spacial score (nSPS) is 10.8. The van der Waals surface area contributed by atoms with Crippen molar-refractivity contribution in [3.8, 4) is 11.1 Å². The molecule has 106 valence electrons. The van der Waals surface area contributed by atoms with Crippen LogP contribution in [0.4, 0.5) is 8.78 Å². The van der Waals surface area contributed by atoms with Crippen LogP contribution in [0.1, 0.15) is 12.5 Å². The van der Waals surface area contributed by atoms with Crippen LogP contribution in [-0.2, 0) is 6.54 Å². The SMILES string of the molecule is CCNCc1cc(-c2ccc(Br)c(Cl)c2F)ccc1F. The monoisotopic (exact) mass is 359 g/mol. The van der Waals surface area contributed by atoms with Gasteiger partial charge in [0.1, 0.15) is 5.82 Å². The lowest BCUT2D eigenvalue weighted by atomic mass is 10.0. The summed E-state index contributed by atoms with van der Waals surface area (Å²) in [6.07, 6.45) is 0. The van der Waals surface area contributed by atoms with E-state index in [1.54, 1.807) is 24.3 Å². The number of halogens is 4. The first-order valence-electron chi connectivity index (χ1n) is 6.17. The second-order valence-electron chi connectivity index (χ2n) is 4.31. The van der Waals surface area contributed by atoms with Gasteiger partial charge in [0.05, 0.1) is 5.02 Å². The Balaban J connectivity index is 2.45. The van der Waals surface area contributed by atoms with E-state index in [0.29, 0.717) is 27.7 Å². The second-order valence-corrected chi connectivity index (χ2v) is 5.54. The highest BCUT2D eigenvalue weighted by atomic mass is 79.9. The lowest BCUT2D eigenvalue weighted by Crippen LogP contribution is -2.13. The van der Waals surface area contributed by atoms with Crippen molar-refractivity contribution in [1.82, 2.24) is 5.32 Å². The molecule has 0 atom stereocenters. The van der Waals surface area contributed by atoms with Gasteiger partial charge in [-0.1, -0.05) is 30.7 Å². The van der Waals surface area contributed by atoms with Crippen molar-refractivity contribution in [3.05, 3.63) is 57.0 Å². The molecular formula is C15H13BrClF2N. The Morgan fingerprint density at radius 1 is 1.20 bits per heavy atom. The highest BCUT2D eigenvalue weighted by Gasteiger charge is 2.13. The van der Waals surface area contributed by atoms with Crippen molar-refractivity contribution >= 4 is 27.5 Å². The molecule has 0 fully saturated rings. The molecule has 2 aromatic carbocycles. The summed E-state index contributed by atoms with van der Waals surface area (Å²) in [6, 6.07) is 7.83. The molecule has 0 spiro atoms. The van der Waals surface area contributed by atoms with Gasteiger partial charge >= 0.3 is 0 Å². The molecule has 0 heterocycles. The van der Waals surface area contributed by atoms with E-state index in [-0.39, 0.29) is 10.8 Å². The van der Waals surface area contributed by atoms with Crippen LogP contribution in [0.15, 0.2) is 34.8 Å². The summed E-state index contributed by atoms with van der Waals surface area (Å²) < 4.78 is 28.3. The highest BCUT2D eigenvalue weighted by Crippen LogP contribution is 2.33. The van der Waals surface area contributed by atoms with E-state index in [2.05, 4.69) is 21.2 Å². The Labute approximate surface area is 130 Å². The molecule has 1 nitrogen and oxygen atoms in total. The molecule has 2 rings (SSSR count). The van der Waals surface area contributed by atoms with Crippen molar-refractivity contribution in [3.63, 3.8) is 0 Å². The fraction of sp³-hybridized carbons (Fsp3) is 0.200. The largest absolute Gasteiger partial charge is 0.313 e. The molecule has 20 heavy (non-hydrogen) atoms. The minimum absolute atomic E-state index is 0.0278. The van der Waals surface area contributed by atoms with Crippen molar-refractivity contribution in [2.75, 3.05) is 6.54 Å². The number of rotatable bonds is 4. The predicted octanol–water partition coefficient (Wildman–Crippen LogP) is 5.16. The zero-order valence-electron chi connectivity index (χ0n) is 10.8. The first-order chi connectivity index (χ1) is 9.54. The van der Waals surface area contributed by atoms with E-state index >= 15 is 0 Å². The maximum absolute atomic E-state index is 14.2. The molecule has 0 aliphatic carbocycles. The topological polar surface area (TPSA) is 12.0 Å². The summed E-state index contributed by atoms with van der Waals surface area (Å²) in [4.78, 5) is 0. The van der Waals surface area contributed by atoms with Crippen LogP contribution in [0, 0.1) is 11.6 Å². The predicted molar refractivity (Wildman–Crippen MR) is 81.9 cm³/mol. The summed E-state index contributed by atoms with van der Waals surface area (Å²) in [5.74, 6) is -0.819. The lowest BCUT2D eigenvalue weighted by Gasteiger charge is -2.10. The molecule has 0 unspecified atom stereocenters. The molecule has 0 amide bonds. The third-order valence-electron chi connectivity index (χ3n) is 2.96. The minimum atomic E-state index is -0.512. The van der Waals surface area contributed by atoms with Gasteiger partial charge in [0, 0.05) is 22.1 Å². The van der Waals surface area contributed by atoms with Gasteiger partial charge in [0.25, 0.3) is 0 Å². The van der Waals surface area contributed by atoms with Crippen molar-refractivity contribution in [2.24, 2.45) is 0 Å². The van der Waals surface area contributed by atoms with Gasteiger partial charge in [-0.25, -0.2) is 8.78 Å². The van der Waals surface area contributed by atoms with Gasteiger partial charge < -0.3 is 5.32 Å². The van der Waals surface area contributed by atoms with Gasteiger partial charge in [0.2, 0.25) is 0 Å². The van der Waals surface area contributed by atoms with Gasteiger partial charge in [0.15, 0.2) is 5.82 Å². The Bertz CT molecular complexity index is 632. The Hall–Kier alpha value is -0.970. The number of benzene rings is 2. The average Bonchev–Trinajstić information content (AvgIpc) is 2.44. The first-order valence-corrected chi connectivity index (χ1v) is 7.34. The van der Waals surface area contributed by atoms with Crippen LogP contribution < -0.4 is 5.32 Å². The van der Waals surface area contributed by atoms with Gasteiger partial charge in [-0.3, -0.25) is 0 Å². The molecule has 0 aliphatic rings. The van der Waals surface area contributed by atoms with E-state index in [4.69, 9.17) is 11.6 Å². The van der Waals surface area contributed by atoms with Crippen LogP contribution in [0.2, 0.25) is 5.02 Å². The van der Waals surface area contributed by atoms with Crippen LogP contribution in [-0.4, -0.2) is 6.54 Å². The fourth-order valence-electron chi connectivity index (χ4n) is 1.89. The van der Waals surface area contributed by atoms with Gasteiger partial charge in [-0.05, 0) is 46.2 Å². The van der Waals surface area contributed by atoms with E-state index in [1.807, 2.05) is 6.92 Å². The Morgan fingerprint density at radius 2 is 1.95 bits per heavy atom. The number of nitrogens with one attached hydrogen (secondary N) is 1. The molecule has 0 aliphatic heterocycles. The standard InChI is InChI=1S/C15H13BrClF2N/c1-2-20-8-10-7-9(3-6-13(10)18)11-4-5-12(16)14(17)15(11)19/h3-7,20H,2,8H2,1H3. The smallest absolute Gasteiger partial charge is 0.150 e. The molecule has 0 radical (unpaired) electrons. The maximum Gasteiger partial charge on any atom is 0.150 e. The fourth-order valence-corrected chi connectivity index (χ4v) is 2.36. The Kier molecular flexibility index (Phi) is 5.13. The van der Waals surface area contributed by atoms with Crippen molar-refractivity contribution in [2.45, 2.75) is 13.5 Å². The first kappa shape index (κ1) is 15.4. The number of hydrogen-bond donors (Lipinski definition) is 1. The average molecular weight is 361 g/mol. The summed E-state index contributed by atoms with van der Waals surface area (Å²) >= 11 is 9.05. The summed E-state index contributed by atoms with van der Waals surface area (Å²) in [5.41, 5.74) is 1.46.